The van der Waals surface area contributed by atoms with Crippen molar-refractivity contribution in [3.05, 3.63) is 58.9 Å². The van der Waals surface area contributed by atoms with Crippen molar-refractivity contribution in [1.82, 2.24) is 0 Å². The maximum Gasteiger partial charge on any atom is 0.335 e. The maximum absolute atomic E-state index is 13.5. The normalized spacial score (nSPS) is 10.4. The Morgan fingerprint density at radius 1 is 1.17 bits per heavy atom. The van der Waals surface area contributed by atoms with Gasteiger partial charge in [0.15, 0.2) is 0 Å². The van der Waals surface area contributed by atoms with E-state index in [9.17, 15) is 9.18 Å². The number of halogens is 1. The van der Waals surface area contributed by atoms with E-state index in [2.05, 4.69) is 0 Å². The number of aryl methyl sites for hydroxylation is 1. The first-order valence-electron chi connectivity index (χ1n) is 5.60. The molecule has 0 saturated heterocycles. The molecule has 0 unspecified atom stereocenters. The molecule has 0 heterocycles. The van der Waals surface area contributed by atoms with Crippen LogP contribution in [0.15, 0.2) is 36.4 Å². The van der Waals surface area contributed by atoms with Crippen LogP contribution >= 0.6 is 0 Å². The Kier molecular flexibility index (Phi) is 3.15. The molecule has 0 radical (unpaired) electrons. The molecule has 3 heteroatoms. The lowest BCUT2D eigenvalue weighted by Crippen LogP contribution is -2.00. The number of carbonyl (C=O) groups is 1. The molecular weight excluding hydrogens is 231 g/mol. The summed E-state index contributed by atoms with van der Waals surface area (Å²) in [4.78, 5) is 11.1. The molecule has 2 nitrogen and oxygen atoms in total. The average molecular weight is 244 g/mol. The summed E-state index contributed by atoms with van der Waals surface area (Å²) < 4.78 is 13.5. The van der Waals surface area contributed by atoms with Crippen LogP contribution in [0.4, 0.5) is 4.39 Å². The highest BCUT2D eigenvalue weighted by atomic mass is 19.1. The molecule has 1 N–H and O–H groups in total. The summed E-state index contributed by atoms with van der Waals surface area (Å²) in [6, 6.07) is 9.93. The third-order valence-corrected chi connectivity index (χ3v) is 3.05. The second-order valence-corrected chi connectivity index (χ2v) is 4.25. The van der Waals surface area contributed by atoms with Gasteiger partial charge in [-0.05, 0) is 48.2 Å². The van der Waals surface area contributed by atoms with Crippen LogP contribution in [0.3, 0.4) is 0 Å². The molecule has 2 aromatic carbocycles. The molecule has 2 rings (SSSR count). The van der Waals surface area contributed by atoms with Crippen LogP contribution in [0.25, 0.3) is 11.1 Å². The molecule has 92 valence electrons. The zero-order chi connectivity index (χ0) is 13.3. The molecule has 2 aromatic rings. The van der Waals surface area contributed by atoms with Gasteiger partial charge in [-0.1, -0.05) is 24.3 Å². The van der Waals surface area contributed by atoms with Gasteiger partial charge in [-0.15, -0.1) is 0 Å². The molecule has 0 saturated carbocycles. The van der Waals surface area contributed by atoms with Crippen molar-refractivity contribution in [3.63, 3.8) is 0 Å². The van der Waals surface area contributed by atoms with Gasteiger partial charge in [-0.3, -0.25) is 0 Å². The van der Waals surface area contributed by atoms with Gasteiger partial charge in [0.05, 0.1) is 5.56 Å². The first-order valence-corrected chi connectivity index (χ1v) is 5.60. The summed E-state index contributed by atoms with van der Waals surface area (Å²) in [5.41, 5.74) is 2.90. The molecule has 0 fully saturated rings. The van der Waals surface area contributed by atoms with E-state index in [0.717, 1.165) is 11.1 Å². The third kappa shape index (κ3) is 2.12. The summed E-state index contributed by atoms with van der Waals surface area (Å²) in [5.74, 6) is -1.26. The monoisotopic (exact) mass is 244 g/mol. The van der Waals surface area contributed by atoms with Crippen LogP contribution in [0.5, 0.6) is 0 Å². The molecule has 0 aliphatic carbocycles. The Morgan fingerprint density at radius 3 is 2.56 bits per heavy atom. The summed E-state index contributed by atoms with van der Waals surface area (Å²) in [6.07, 6.45) is 0. The third-order valence-electron chi connectivity index (χ3n) is 3.05. The Bertz CT molecular complexity index is 618. The van der Waals surface area contributed by atoms with E-state index < -0.39 is 5.97 Å². The van der Waals surface area contributed by atoms with Gasteiger partial charge in [0.1, 0.15) is 5.82 Å². The first kappa shape index (κ1) is 12.3. The van der Waals surface area contributed by atoms with E-state index in [0.29, 0.717) is 11.1 Å². The lowest BCUT2D eigenvalue weighted by molar-refractivity contribution is 0.0696. The average Bonchev–Trinajstić information content (AvgIpc) is 2.33. The molecule has 0 aliphatic rings. The Labute approximate surface area is 105 Å². The number of hydrogen-bond donors (Lipinski definition) is 1. The summed E-state index contributed by atoms with van der Waals surface area (Å²) in [6.45, 7) is 3.43. The number of carboxylic acid groups (broad SMARTS) is 1. The van der Waals surface area contributed by atoms with E-state index in [1.807, 2.05) is 6.07 Å². The largest absolute Gasteiger partial charge is 0.478 e. The lowest BCUT2D eigenvalue weighted by Gasteiger charge is -2.09. The highest BCUT2D eigenvalue weighted by Crippen LogP contribution is 2.26. The molecular formula is C15H13FO2. The minimum atomic E-state index is -0.969. The summed E-state index contributed by atoms with van der Waals surface area (Å²) in [7, 11) is 0. The van der Waals surface area contributed by atoms with Crippen LogP contribution in [0.1, 0.15) is 21.5 Å². The molecule has 0 aromatic heterocycles. The fourth-order valence-corrected chi connectivity index (χ4v) is 1.94. The molecule has 0 bridgehead atoms. The number of hydrogen-bond acceptors (Lipinski definition) is 1. The Hall–Kier alpha value is -2.16. The fourth-order valence-electron chi connectivity index (χ4n) is 1.94. The van der Waals surface area contributed by atoms with Gasteiger partial charge >= 0.3 is 5.97 Å². The second-order valence-electron chi connectivity index (χ2n) is 4.25. The highest BCUT2D eigenvalue weighted by molar-refractivity contribution is 5.91. The van der Waals surface area contributed by atoms with Gasteiger partial charge in [0.25, 0.3) is 0 Å². The van der Waals surface area contributed by atoms with Crippen LogP contribution in [0, 0.1) is 19.7 Å². The van der Waals surface area contributed by atoms with Crippen molar-refractivity contribution in [2.45, 2.75) is 13.8 Å². The molecule has 0 amide bonds. The van der Waals surface area contributed by atoms with Crippen molar-refractivity contribution < 1.29 is 14.3 Å². The predicted octanol–water partition coefficient (Wildman–Crippen LogP) is 3.81. The van der Waals surface area contributed by atoms with Crippen molar-refractivity contribution in [2.75, 3.05) is 0 Å². The summed E-state index contributed by atoms with van der Waals surface area (Å²) >= 11 is 0. The zero-order valence-corrected chi connectivity index (χ0v) is 10.2. The minimum absolute atomic E-state index is 0.246. The van der Waals surface area contributed by atoms with Gasteiger partial charge in [-0.25, -0.2) is 9.18 Å². The van der Waals surface area contributed by atoms with Gasteiger partial charge in [0, 0.05) is 0 Å². The van der Waals surface area contributed by atoms with E-state index in [4.69, 9.17) is 5.11 Å². The standard InChI is InChI=1S/C15H13FO2/c1-9-6-7-11(8-13(9)15(17)18)12-4-3-5-14(16)10(12)2/h3-8H,1-2H3,(H,17,18). The van der Waals surface area contributed by atoms with Crippen molar-refractivity contribution in [3.8, 4) is 11.1 Å². The number of aromatic carboxylic acids is 1. The fraction of sp³-hybridized carbons (Fsp3) is 0.133. The van der Waals surface area contributed by atoms with Gasteiger partial charge in [0.2, 0.25) is 0 Å². The topological polar surface area (TPSA) is 37.3 Å². The smallest absolute Gasteiger partial charge is 0.335 e. The van der Waals surface area contributed by atoms with Crippen LogP contribution in [-0.2, 0) is 0 Å². The highest BCUT2D eigenvalue weighted by Gasteiger charge is 2.11. The van der Waals surface area contributed by atoms with E-state index in [1.54, 1.807) is 38.1 Å². The molecule has 0 aliphatic heterocycles. The number of carboxylic acids is 1. The lowest BCUT2D eigenvalue weighted by atomic mass is 9.96. The van der Waals surface area contributed by atoms with Crippen molar-refractivity contribution >= 4 is 5.97 Å². The van der Waals surface area contributed by atoms with Crippen LogP contribution < -0.4 is 0 Å². The Morgan fingerprint density at radius 2 is 1.89 bits per heavy atom. The van der Waals surface area contributed by atoms with Crippen molar-refractivity contribution in [2.24, 2.45) is 0 Å². The quantitative estimate of drug-likeness (QED) is 0.872. The first-order chi connectivity index (χ1) is 8.50. The summed E-state index contributed by atoms with van der Waals surface area (Å²) in [5, 5.41) is 9.09. The maximum atomic E-state index is 13.5. The predicted molar refractivity (Wildman–Crippen MR) is 68.3 cm³/mol. The molecule has 18 heavy (non-hydrogen) atoms. The minimum Gasteiger partial charge on any atom is -0.478 e. The van der Waals surface area contributed by atoms with Crippen LogP contribution in [0.2, 0.25) is 0 Å². The van der Waals surface area contributed by atoms with E-state index in [-0.39, 0.29) is 11.4 Å². The zero-order valence-electron chi connectivity index (χ0n) is 10.2. The number of benzene rings is 2. The van der Waals surface area contributed by atoms with E-state index in [1.165, 1.54) is 6.07 Å². The number of rotatable bonds is 2. The van der Waals surface area contributed by atoms with Crippen molar-refractivity contribution in [1.29, 1.82) is 0 Å². The SMILES string of the molecule is Cc1ccc(-c2cccc(F)c2C)cc1C(=O)O. The Balaban J connectivity index is 2.62. The van der Waals surface area contributed by atoms with Gasteiger partial charge < -0.3 is 5.11 Å². The second kappa shape index (κ2) is 4.61. The molecule has 0 atom stereocenters. The molecule has 0 spiro atoms. The van der Waals surface area contributed by atoms with Crippen LogP contribution in [-0.4, -0.2) is 11.1 Å². The van der Waals surface area contributed by atoms with Gasteiger partial charge in [-0.2, -0.15) is 0 Å². The van der Waals surface area contributed by atoms with E-state index >= 15 is 0 Å².